The first kappa shape index (κ1) is 30.0. The van der Waals surface area contributed by atoms with E-state index in [-0.39, 0.29) is 37.9 Å². The summed E-state index contributed by atoms with van der Waals surface area (Å²) in [5, 5.41) is 20.3. The normalized spacial score (nSPS) is 18.5. The number of oxime groups is 1. The Kier molecular flexibility index (Phi) is 8.99. The third kappa shape index (κ3) is 6.69. The Labute approximate surface area is 239 Å². The molecule has 14 nitrogen and oxygen atoms in total. The Hall–Kier alpha value is -3.95. The van der Waals surface area contributed by atoms with Gasteiger partial charge in [-0.2, -0.15) is 10.2 Å². The summed E-state index contributed by atoms with van der Waals surface area (Å²) in [6.45, 7) is 10.9. The largest absolute Gasteiger partial charge is 0.465 e. The van der Waals surface area contributed by atoms with Crippen LogP contribution in [0.15, 0.2) is 41.7 Å². The van der Waals surface area contributed by atoms with E-state index in [9.17, 15) is 14.4 Å². The van der Waals surface area contributed by atoms with Crippen molar-refractivity contribution >= 4 is 32.6 Å². The average molecular weight is 588 g/mol. The Morgan fingerprint density at radius 2 is 1.98 bits per heavy atom. The quantitative estimate of drug-likeness (QED) is 0.148. The van der Waals surface area contributed by atoms with Crippen LogP contribution in [0, 0.1) is 0 Å². The average Bonchev–Trinajstić information content (AvgIpc) is 3.45. The van der Waals surface area contributed by atoms with E-state index in [0.29, 0.717) is 11.3 Å². The second-order valence-corrected chi connectivity index (χ2v) is 16.0. The number of aromatic nitrogens is 2. The fourth-order valence-corrected chi connectivity index (χ4v) is 4.89. The van der Waals surface area contributed by atoms with E-state index in [0.717, 1.165) is 5.56 Å². The van der Waals surface area contributed by atoms with Gasteiger partial charge in [-0.3, -0.25) is 14.3 Å². The zero-order valence-electron chi connectivity index (χ0n) is 23.9. The number of nitrogens with zero attached hydrogens (tertiary/aromatic N) is 5. The molecule has 4 rings (SSSR count). The van der Waals surface area contributed by atoms with Crippen molar-refractivity contribution < 1.29 is 33.7 Å². The van der Waals surface area contributed by atoms with Gasteiger partial charge in [0, 0.05) is 5.56 Å². The number of carbonyl (C=O) groups excluding carboxylic acids is 2. The summed E-state index contributed by atoms with van der Waals surface area (Å²) < 4.78 is 7.58. The second-order valence-electron chi connectivity index (χ2n) is 11.3. The van der Waals surface area contributed by atoms with Gasteiger partial charge in [0.2, 0.25) is 8.32 Å². The number of nitrogens with one attached hydrogen (secondary N) is 2. The van der Waals surface area contributed by atoms with Gasteiger partial charge in [-0.15, -0.1) is 0 Å². The number of rotatable bonds is 12. The van der Waals surface area contributed by atoms with Crippen LogP contribution in [0.2, 0.25) is 18.1 Å². The molecule has 2 aliphatic rings. The maximum Gasteiger partial charge on any atom is 0.404 e. The standard InChI is InChI=1S/C26H37N7O7Si/c1-26(2,3)41(4,5)40-30-23(34)22-21-19(15-28-32(21)13-11-29-38-14-12-27-24(35)36)20-16-31(22)25(37)33(20)39-17-18-9-7-6-8-10-18/h6-11,15,20,22,27H,12-14,16-17H2,1-5H3,(H,30,34)(H,35,36)/b29-11+/t20-,22-/m0/s1. The van der Waals surface area contributed by atoms with Gasteiger partial charge in [0.15, 0.2) is 6.04 Å². The van der Waals surface area contributed by atoms with Gasteiger partial charge < -0.3 is 24.7 Å². The van der Waals surface area contributed by atoms with Gasteiger partial charge in [-0.05, 0) is 23.7 Å². The fraction of sp³-hybridized carbons (Fsp3) is 0.500. The molecule has 2 aliphatic heterocycles. The smallest absolute Gasteiger partial charge is 0.404 e. The molecule has 41 heavy (non-hydrogen) atoms. The van der Waals surface area contributed by atoms with E-state index in [1.54, 1.807) is 10.9 Å². The van der Waals surface area contributed by atoms with Crippen LogP contribution in [0.1, 0.15) is 49.7 Å². The van der Waals surface area contributed by atoms with Gasteiger partial charge in [-0.1, -0.05) is 56.3 Å². The minimum Gasteiger partial charge on any atom is -0.465 e. The molecule has 0 unspecified atom stereocenters. The lowest BCUT2D eigenvalue weighted by Crippen LogP contribution is -2.50. The van der Waals surface area contributed by atoms with Gasteiger partial charge >= 0.3 is 12.1 Å². The van der Waals surface area contributed by atoms with Crippen molar-refractivity contribution in [3.63, 3.8) is 0 Å². The molecule has 0 spiro atoms. The van der Waals surface area contributed by atoms with Crippen molar-refractivity contribution in [2.24, 2.45) is 5.16 Å². The van der Waals surface area contributed by atoms with Crippen LogP contribution in [0.25, 0.3) is 0 Å². The molecule has 0 aliphatic carbocycles. The highest BCUT2D eigenvalue weighted by atomic mass is 28.4. The van der Waals surface area contributed by atoms with Crippen LogP contribution in [-0.2, 0) is 32.1 Å². The summed E-state index contributed by atoms with van der Waals surface area (Å²) in [7, 11) is -2.34. The van der Waals surface area contributed by atoms with Crippen molar-refractivity contribution in [1.29, 1.82) is 0 Å². The Morgan fingerprint density at radius 3 is 2.66 bits per heavy atom. The molecule has 2 bridgehead atoms. The van der Waals surface area contributed by atoms with Crippen LogP contribution >= 0.6 is 0 Å². The van der Waals surface area contributed by atoms with Crippen molar-refractivity contribution in [1.82, 2.24) is 30.5 Å². The number of hydrogen-bond acceptors (Lipinski definition) is 8. The van der Waals surface area contributed by atoms with Gasteiger partial charge in [-0.25, -0.2) is 15.1 Å². The Balaban J connectivity index is 1.55. The summed E-state index contributed by atoms with van der Waals surface area (Å²) in [5.41, 5.74) is 4.76. The maximum absolute atomic E-state index is 13.7. The Morgan fingerprint density at radius 1 is 1.24 bits per heavy atom. The van der Waals surface area contributed by atoms with Crippen LogP contribution in [-0.4, -0.2) is 77.1 Å². The zero-order chi connectivity index (χ0) is 29.8. The lowest BCUT2D eigenvalue weighted by molar-refractivity contribution is -0.141. The predicted octanol–water partition coefficient (Wildman–Crippen LogP) is 3.17. The molecule has 0 saturated carbocycles. The first-order chi connectivity index (χ1) is 19.4. The molecule has 0 radical (unpaired) electrons. The topological polar surface area (TPSA) is 160 Å². The van der Waals surface area contributed by atoms with E-state index < -0.39 is 38.4 Å². The molecule has 3 N–H and O–H groups in total. The van der Waals surface area contributed by atoms with Crippen LogP contribution in [0.5, 0.6) is 0 Å². The van der Waals surface area contributed by atoms with E-state index in [1.807, 2.05) is 43.4 Å². The fourth-order valence-electron chi connectivity index (χ4n) is 4.23. The lowest BCUT2D eigenvalue weighted by atomic mass is 9.97. The lowest BCUT2D eigenvalue weighted by Gasteiger charge is -2.36. The highest BCUT2D eigenvalue weighted by molar-refractivity contribution is 6.74. The highest BCUT2D eigenvalue weighted by Crippen LogP contribution is 2.44. The number of amides is 4. The molecule has 2 aromatic rings. The molecule has 4 amide bonds. The molecule has 1 aromatic heterocycles. The minimum absolute atomic E-state index is 0.0495. The van der Waals surface area contributed by atoms with Crippen molar-refractivity contribution in [2.45, 2.75) is 64.1 Å². The molecular formula is C26H37N7O7Si. The van der Waals surface area contributed by atoms with E-state index >= 15 is 0 Å². The highest BCUT2D eigenvalue weighted by Gasteiger charge is 2.53. The number of carboxylic acid groups (broad SMARTS) is 1. The molecule has 222 valence electrons. The molecule has 1 saturated heterocycles. The number of hydroxylamine groups is 3. The number of fused-ring (bicyclic) bond motifs is 4. The molecule has 1 aromatic carbocycles. The number of benzene rings is 1. The minimum atomic E-state index is -2.34. The van der Waals surface area contributed by atoms with Crippen LogP contribution in [0.4, 0.5) is 9.59 Å². The van der Waals surface area contributed by atoms with Crippen LogP contribution < -0.4 is 10.8 Å². The molecule has 3 heterocycles. The number of hydrogen-bond donors (Lipinski definition) is 3. The third-order valence-corrected chi connectivity index (χ3v) is 11.7. The summed E-state index contributed by atoms with van der Waals surface area (Å²) in [5.74, 6) is -0.484. The zero-order valence-corrected chi connectivity index (χ0v) is 24.9. The molecule has 15 heteroatoms. The maximum atomic E-state index is 13.7. The summed E-state index contributed by atoms with van der Waals surface area (Å²) in [6, 6.07) is 7.60. The van der Waals surface area contributed by atoms with Crippen molar-refractivity contribution in [3.8, 4) is 0 Å². The molecular weight excluding hydrogens is 550 g/mol. The summed E-state index contributed by atoms with van der Waals surface area (Å²) >= 11 is 0. The van der Waals surface area contributed by atoms with Gasteiger partial charge in [0.1, 0.15) is 19.3 Å². The molecule has 2 atom stereocenters. The van der Waals surface area contributed by atoms with E-state index in [4.69, 9.17) is 19.3 Å². The predicted molar refractivity (Wildman–Crippen MR) is 150 cm³/mol. The van der Waals surface area contributed by atoms with E-state index in [1.165, 1.54) is 16.2 Å². The summed E-state index contributed by atoms with van der Waals surface area (Å²) in [6.07, 6.45) is 1.94. The third-order valence-electron chi connectivity index (χ3n) is 7.47. The van der Waals surface area contributed by atoms with Crippen molar-refractivity contribution in [3.05, 3.63) is 53.3 Å². The molecule has 1 fully saturated rings. The van der Waals surface area contributed by atoms with Crippen LogP contribution in [0.3, 0.4) is 0 Å². The second kappa shape index (κ2) is 12.3. The first-order valence-corrected chi connectivity index (χ1v) is 16.2. The number of carbonyl (C=O) groups is 3. The van der Waals surface area contributed by atoms with Gasteiger partial charge in [0.05, 0.1) is 37.7 Å². The van der Waals surface area contributed by atoms with Crippen molar-refractivity contribution in [2.75, 3.05) is 19.7 Å². The number of urea groups is 1. The summed E-state index contributed by atoms with van der Waals surface area (Å²) in [4.78, 5) is 50.3. The monoisotopic (exact) mass is 587 g/mol. The Bertz CT molecular complexity index is 1280. The van der Waals surface area contributed by atoms with E-state index in [2.05, 4.69) is 41.8 Å². The SMILES string of the molecule is CC(C)(C)[Si](C)(C)ONC(=O)[C@@H]1c2c(cnn2C/C=N/OCCNC(=O)O)[C@@H]2CN1C(=O)N2OCc1ccccc1. The first-order valence-electron chi connectivity index (χ1n) is 13.3. The van der Waals surface area contributed by atoms with Gasteiger partial charge in [0.25, 0.3) is 5.91 Å².